The number of thiophene rings is 1. The van der Waals surface area contributed by atoms with Crippen molar-refractivity contribution in [3.8, 4) is 0 Å². The van der Waals surface area contributed by atoms with Crippen molar-refractivity contribution < 1.29 is 27.9 Å². The van der Waals surface area contributed by atoms with Gasteiger partial charge in [0.15, 0.2) is 17.5 Å². The van der Waals surface area contributed by atoms with Crippen LogP contribution in [0.3, 0.4) is 0 Å². The van der Waals surface area contributed by atoms with E-state index in [9.17, 15) is 27.9 Å². The summed E-state index contributed by atoms with van der Waals surface area (Å²) >= 11 is 1.10. The highest BCUT2D eigenvalue weighted by Crippen LogP contribution is 2.37. The molecular formula is C17H15F3N2O3S. The molecule has 0 unspecified atom stereocenters. The minimum absolute atomic E-state index is 0.0305. The van der Waals surface area contributed by atoms with Crippen molar-refractivity contribution >= 4 is 28.2 Å². The Bertz CT molecular complexity index is 898. The molecule has 1 aromatic heterocycles. The molecule has 2 N–H and O–H groups in total. The average molecular weight is 384 g/mol. The predicted octanol–water partition coefficient (Wildman–Crippen LogP) is 3.49. The van der Waals surface area contributed by atoms with Crippen LogP contribution < -0.4 is 5.32 Å². The Balaban J connectivity index is 1.95. The molecule has 1 aliphatic heterocycles. The van der Waals surface area contributed by atoms with Crippen LogP contribution in [0.5, 0.6) is 0 Å². The lowest BCUT2D eigenvalue weighted by atomic mass is 10.0. The van der Waals surface area contributed by atoms with Crippen LogP contribution in [-0.4, -0.2) is 35.0 Å². The van der Waals surface area contributed by atoms with Gasteiger partial charge in [-0.05, 0) is 30.7 Å². The Morgan fingerprint density at radius 1 is 1.27 bits per heavy atom. The van der Waals surface area contributed by atoms with Crippen LogP contribution in [0, 0.1) is 17.5 Å². The molecule has 0 saturated heterocycles. The van der Waals surface area contributed by atoms with E-state index >= 15 is 0 Å². The number of fused-ring (bicyclic) bond motifs is 1. The topological polar surface area (TPSA) is 69.6 Å². The van der Waals surface area contributed by atoms with Crippen molar-refractivity contribution in [1.29, 1.82) is 0 Å². The van der Waals surface area contributed by atoms with Crippen LogP contribution in [0.4, 0.5) is 18.2 Å². The van der Waals surface area contributed by atoms with E-state index in [2.05, 4.69) is 10.2 Å². The first-order chi connectivity index (χ1) is 12.3. The highest BCUT2D eigenvalue weighted by atomic mass is 32.1. The van der Waals surface area contributed by atoms with E-state index in [1.807, 2.05) is 6.92 Å². The molecule has 5 nitrogen and oxygen atoms in total. The van der Waals surface area contributed by atoms with Gasteiger partial charge in [0.05, 0.1) is 11.1 Å². The Labute approximate surface area is 151 Å². The Morgan fingerprint density at radius 3 is 2.65 bits per heavy atom. The number of carboxylic acids is 1. The van der Waals surface area contributed by atoms with Gasteiger partial charge in [0.1, 0.15) is 5.00 Å². The Kier molecular flexibility index (Phi) is 5.01. The quantitative estimate of drug-likeness (QED) is 0.792. The van der Waals surface area contributed by atoms with Gasteiger partial charge in [0.25, 0.3) is 5.91 Å². The number of benzene rings is 1. The fourth-order valence-corrected chi connectivity index (χ4v) is 4.19. The molecule has 0 spiro atoms. The lowest BCUT2D eigenvalue weighted by Crippen LogP contribution is -2.29. The summed E-state index contributed by atoms with van der Waals surface area (Å²) in [4.78, 5) is 26.9. The summed E-state index contributed by atoms with van der Waals surface area (Å²) in [6.07, 6.45) is 0.525. The monoisotopic (exact) mass is 384 g/mol. The zero-order chi connectivity index (χ0) is 19.0. The maximum absolute atomic E-state index is 13.8. The van der Waals surface area contributed by atoms with Crippen molar-refractivity contribution in [2.75, 3.05) is 18.4 Å². The second-order valence-corrected chi connectivity index (χ2v) is 6.91. The molecule has 0 aliphatic carbocycles. The number of nitrogens with zero attached hydrogens (tertiary/aromatic N) is 1. The van der Waals surface area contributed by atoms with Crippen LogP contribution in [0.15, 0.2) is 12.1 Å². The standard InChI is InChI=1S/C17H15F3N2O3S/c1-2-22-6-5-8-11(7-22)26-16(12(8)17(24)25)21-15(23)9-3-4-10(18)14(20)13(9)19/h3-4H,2,5-7H2,1H3,(H,21,23)(H,24,25). The predicted molar refractivity (Wildman–Crippen MR) is 90.2 cm³/mol. The molecule has 2 aromatic rings. The molecule has 0 fully saturated rings. The first-order valence-electron chi connectivity index (χ1n) is 7.88. The van der Waals surface area contributed by atoms with E-state index in [0.29, 0.717) is 31.1 Å². The molecule has 138 valence electrons. The summed E-state index contributed by atoms with van der Waals surface area (Å²) < 4.78 is 40.2. The number of hydrogen-bond donors (Lipinski definition) is 2. The van der Waals surface area contributed by atoms with E-state index in [4.69, 9.17) is 0 Å². The fraction of sp³-hybridized carbons (Fsp3) is 0.294. The number of anilines is 1. The molecule has 26 heavy (non-hydrogen) atoms. The van der Waals surface area contributed by atoms with Crippen LogP contribution in [0.1, 0.15) is 38.1 Å². The van der Waals surface area contributed by atoms with E-state index < -0.39 is 34.9 Å². The number of rotatable bonds is 4. The summed E-state index contributed by atoms with van der Waals surface area (Å²) in [5.74, 6) is -7.00. The number of amides is 1. The summed E-state index contributed by atoms with van der Waals surface area (Å²) in [5, 5.41) is 11.9. The van der Waals surface area contributed by atoms with E-state index in [-0.39, 0.29) is 10.6 Å². The number of nitrogens with one attached hydrogen (secondary N) is 1. The third-order valence-electron chi connectivity index (χ3n) is 4.30. The summed E-state index contributed by atoms with van der Waals surface area (Å²) in [7, 11) is 0. The summed E-state index contributed by atoms with van der Waals surface area (Å²) in [6, 6.07) is 1.46. The highest BCUT2D eigenvalue weighted by Gasteiger charge is 2.29. The SMILES string of the molecule is CCN1CCc2c(sc(NC(=O)c3ccc(F)c(F)c3F)c2C(=O)O)C1. The van der Waals surface area contributed by atoms with Crippen LogP contribution in [0.2, 0.25) is 0 Å². The van der Waals surface area contributed by atoms with Gasteiger partial charge < -0.3 is 10.4 Å². The zero-order valence-corrected chi connectivity index (χ0v) is 14.6. The van der Waals surface area contributed by atoms with Crippen molar-refractivity contribution in [1.82, 2.24) is 4.90 Å². The van der Waals surface area contributed by atoms with Crippen LogP contribution in [-0.2, 0) is 13.0 Å². The van der Waals surface area contributed by atoms with Gasteiger partial charge in [0, 0.05) is 18.0 Å². The smallest absolute Gasteiger partial charge is 0.339 e. The maximum atomic E-state index is 13.8. The number of carbonyl (C=O) groups excluding carboxylic acids is 1. The molecule has 0 bridgehead atoms. The largest absolute Gasteiger partial charge is 0.478 e. The minimum atomic E-state index is -1.75. The number of aromatic carboxylic acids is 1. The van der Waals surface area contributed by atoms with Gasteiger partial charge in [-0.1, -0.05) is 6.92 Å². The zero-order valence-electron chi connectivity index (χ0n) is 13.7. The number of carbonyl (C=O) groups is 2. The Hall–Kier alpha value is -2.39. The van der Waals surface area contributed by atoms with Crippen LogP contribution >= 0.6 is 11.3 Å². The van der Waals surface area contributed by atoms with Crippen molar-refractivity contribution in [2.24, 2.45) is 0 Å². The second kappa shape index (κ2) is 7.08. The number of carboxylic acid groups (broad SMARTS) is 1. The first kappa shape index (κ1) is 18.4. The third kappa shape index (κ3) is 3.19. The molecular weight excluding hydrogens is 369 g/mol. The second-order valence-electron chi connectivity index (χ2n) is 5.81. The molecule has 1 aromatic carbocycles. The van der Waals surface area contributed by atoms with Gasteiger partial charge in [-0.3, -0.25) is 9.69 Å². The van der Waals surface area contributed by atoms with E-state index in [1.54, 1.807) is 0 Å². The van der Waals surface area contributed by atoms with Gasteiger partial charge in [-0.25, -0.2) is 18.0 Å². The first-order valence-corrected chi connectivity index (χ1v) is 8.70. The average Bonchev–Trinajstić information content (AvgIpc) is 2.96. The molecule has 0 radical (unpaired) electrons. The summed E-state index contributed by atoms with van der Waals surface area (Å²) in [5.41, 5.74) is -0.0767. The molecule has 0 atom stereocenters. The maximum Gasteiger partial charge on any atom is 0.339 e. The molecule has 2 heterocycles. The third-order valence-corrected chi connectivity index (χ3v) is 5.44. The van der Waals surface area contributed by atoms with Gasteiger partial charge in [-0.2, -0.15) is 0 Å². The normalized spacial score (nSPS) is 14.2. The molecule has 0 saturated carbocycles. The molecule has 1 aliphatic rings. The number of hydrogen-bond acceptors (Lipinski definition) is 4. The van der Waals surface area contributed by atoms with Crippen molar-refractivity contribution in [3.63, 3.8) is 0 Å². The lowest BCUT2D eigenvalue weighted by molar-refractivity contribution is 0.0696. The van der Waals surface area contributed by atoms with Crippen molar-refractivity contribution in [3.05, 3.63) is 51.2 Å². The van der Waals surface area contributed by atoms with E-state index in [1.165, 1.54) is 0 Å². The molecule has 3 rings (SSSR count). The van der Waals surface area contributed by atoms with Crippen molar-refractivity contribution in [2.45, 2.75) is 19.9 Å². The Morgan fingerprint density at radius 2 is 2.00 bits per heavy atom. The lowest BCUT2D eigenvalue weighted by Gasteiger charge is -2.25. The van der Waals surface area contributed by atoms with Gasteiger partial charge in [0.2, 0.25) is 0 Å². The van der Waals surface area contributed by atoms with Gasteiger partial charge >= 0.3 is 5.97 Å². The van der Waals surface area contributed by atoms with E-state index in [0.717, 1.165) is 28.8 Å². The molecule has 1 amide bonds. The van der Waals surface area contributed by atoms with Crippen LogP contribution in [0.25, 0.3) is 0 Å². The number of likely N-dealkylation sites (N-methyl/N-ethyl adjacent to an activating group) is 1. The summed E-state index contributed by atoms with van der Waals surface area (Å²) in [6.45, 7) is 4.06. The minimum Gasteiger partial charge on any atom is -0.478 e. The molecule has 9 heteroatoms. The highest BCUT2D eigenvalue weighted by molar-refractivity contribution is 7.17. The fourth-order valence-electron chi connectivity index (χ4n) is 2.91. The number of halogens is 3. The van der Waals surface area contributed by atoms with Gasteiger partial charge in [-0.15, -0.1) is 11.3 Å².